The first kappa shape index (κ1) is 17.0. The van der Waals surface area contributed by atoms with Crippen LogP contribution in [0.2, 0.25) is 0 Å². The molecule has 6 nitrogen and oxygen atoms in total. The van der Waals surface area contributed by atoms with Crippen molar-refractivity contribution in [1.82, 2.24) is 10.4 Å². The van der Waals surface area contributed by atoms with Crippen molar-refractivity contribution in [2.24, 2.45) is 0 Å². The highest BCUT2D eigenvalue weighted by Crippen LogP contribution is 2.16. The summed E-state index contributed by atoms with van der Waals surface area (Å²) >= 11 is 0. The number of carbonyl (C=O) groups excluding carboxylic acids is 2. The molecule has 0 fully saturated rings. The van der Waals surface area contributed by atoms with Crippen molar-refractivity contribution in [2.75, 3.05) is 13.1 Å². The molecule has 0 bridgehead atoms. The van der Waals surface area contributed by atoms with Gasteiger partial charge in [0.2, 0.25) is 6.41 Å². The number of benzene rings is 1. The van der Waals surface area contributed by atoms with Crippen LogP contribution in [0.5, 0.6) is 0 Å². The van der Waals surface area contributed by atoms with Gasteiger partial charge in [-0.1, -0.05) is 30.3 Å². The maximum absolute atomic E-state index is 11.7. The second-order valence-electron chi connectivity index (χ2n) is 5.72. The quantitative estimate of drug-likeness (QED) is 0.478. The molecular formula is C15H22N2O4. The molecule has 21 heavy (non-hydrogen) atoms. The van der Waals surface area contributed by atoms with Gasteiger partial charge in [0.1, 0.15) is 5.60 Å². The maximum Gasteiger partial charge on any atom is 0.407 e. The van der Waals surface area contributed by atoms with Gasteiger partial charge in [-0.05, 0) is 26.3 Å². The number of carbonyl (C=O) groups is 2. The van der Waals surface area contributed by atoms with E-state index in [0.717, 1.165) is 5.56 Å². The first-order valence-electron chi connectivity index (χ1n) is 6.74. The third-order valence-corrected chi connectivity index (χ3v) is 2.69. The molecule has 0 heterocycles. The van der Waals surface area contributed by atoms with Crippen molar-refractivity contribution in [3.05, 3.63) is 35.9 Å². The van der Waals surface area contributed by atoms with Gasteiger partial charge in [-0.2, -0.15) is 0 Å². The molecule has 6 heteroatoms. The Morgan fingerprint density at radius 3 is 2.52 bits per heavy atom. The minimum Gasteiger partial charge on any atom is -0.444 e. The predicted molar refractivity (Wildman–Crippen MR) is 78.0 cm³/mol. The van der Waals surface area contributed by atoms with E-state index in [1.807, 2.05) is 30.3 Å². The summed E-state index contributed by atoms with van der Waals surface area (Å²) < 4.78 is 5.16. The first-order valence-corrected chi connectivity index (χ1v) is 6.74. The number of hydroxylamine groups is 2. The highest BCUT2D eigenvalue weighted by molar-refractivity contribution is 5.67. The molecule has 0 spiro atoms. The Morgan fingerprint density at radius 1 is 1.38 bits per heavy atom. The standard InChI is InChI=1S/C15H22N2O4/c1-15(2,3)21-14(19)16-9-13(10-17(20)11-18)12-7-5-4-6-8-12/h4-8,11,13,20H,9-10H2,1-3H3,(H,16,19)/t13-/m1/s1. The Balaban J connectivity index is 2.66. The fourth-order valence-electron chi connectivity index (χ4n) is 1.80. The molecule has 1 aromatic rings. The largest absolute Gasteiger partial charge is 0.444 e. The molecule has 0 aliphatic carbocycles. The highest BCUT2D eigenvalue weighted by atomic mass is 16.6. The summed E-state index contributed by atoms with van der Waals surface area (Å²) in [5.41, 5.74) is 0.340. The third kappa shape index (κ3) is 6.76. The van der Waals surface area contributed by atoms with Gasteiger partial charge in [0, 0.05) is 12.5 Å². The van der Waals surface area contributed by atoms with Crippen molar-refractivity contribution in [3.63, 3.8) is 0 Å². The van der Waals surface area contributed by atoms with E-state index in [1.54, 1.807) is 20.8 Å². The van der Waals surface area contributed by atoms with Crippen molar-refractivity contribution in [1.29, 1.82) is 0 Å². The lowest BCUT2D eigenvalue weighted by molar-refractivity contribution is -0.150. The number of nitrogens with zero attached hydrogens (tertiary/aromatic N) is 1. The van der Waals surface area contributed by atoms with Crippen LogP contribution in [0.4, 0.5) is 4.79 Å². The van der Waals surface area contributed by atoms with Crippen LogP contribution in [0.15, 0.2) is 30.3 Å². The van der Waals surface area contributed by atoms with E-state index in [2.05, 4.69) is 5.32 Å². The molecule has 1 atom stereocenters. The summed E-state index contributed by atoms with van der Waals surface area (Å²) in [6.45, 7) is 5.68. The second-order valence-corrected chi connectivity index (χ2v) is 5.72. The summed E-state index contributed by atoms with van der Waals surface area (Å²) in [6.07, 6.45) is -0.192. The normalized spacial score (nSPS) is 12.4. The molecule has 0 aliphatic rings. The molecule has 2 amide bonds. The summed E-state index contributed by atoms with van der Waals surface area (Å²) in [7, 11) is 0. The maximum atomic E-state index is 11.7. The van der Waals surface area contributed by atoms with Crippen LogP contribution >= 0.6 is 0 Å². The zero-order chi connectivity index (χ0) is 15.9. The molecule has 0 radical (unpaired) electrons. The molecule has 0 saturated carbocycles. The Hall–Kier alpha value is -2.08. The van der Waals surface area contributed by atoms with Crippen LogP contribution in [0.1, 0.15) is 32.3 Å². The minimum absolute atomic E-state index is 0.0866. The zero-order valence-electron chi connectivity index (χ0n) is 12.6. The van der Waals surface area contributed by atoms with Crippen molar-refractivity contribution in [2.45, 2.75) is 32.3 Å². The number of hydrogen-bond donors (Lipinski definition) is 2. The lowest BCUT2D eigenvalue weighted by atomic mass is 9.99. The number of alkyl carbamates (subject to hydrolysis) is 1. The molecule has 0 aliphatic heterocycles. The topological polar surface area (TPSA) is 78.9 Å². The van der Waals surface area contributed by atoms with Gasteiger partial charge in [0.25, 0.3) is 0 Å². The number of nitrogens with one attached hydrogen (secondary N) is 1. The van der Waals surface area contributed by atoms with E-state index < -0.39 is 11.7 Å². The highest BCUT2D eigenvalue weighted by Gasteiger charge is 2.19. The van der Waals surface area contributed by atoms with E-state index in [9.17, 15) is 14.8 Å². The van der Waals surface area contributed by atoms with Crippen LogP contribution in [0.25, 0.3) is 0 Å². The summed E-state index contributed by atoms with van der Waals surface area (Å²) in [5, 5.41) is 12.6. The molecule has 0 unspecified atom stereocenters. The van der Waals surface area contributed by atoms with Gasteiger partial charge in [-0.3, -0.25) is 10.0 Å². The fourth-order valence-corrected chi connectivity index (χ4v) is 1.80. The molecule has 1 rings (SSSR count). The zero-order valence-corrected chi connectivity index (χ0v) is 12.6. The molecule has 0 aromatic heterocycles. The average Bonchev–Trinajstić information content (AvgIpc) is 2.42. The monoisotopic (exact) mass is 294 g/mol. The van der Waals surface area contributed by atoms with E-state index in [1.165, 1.54) is 0 Å². The Bertz CT molecular complexity index is 456. The molecule has 1 aromatic carbocycles. The van der Waals surface area contributed by atoms with Crippen molar-refractivity contribution in [3.8, 4) is 0 Å². The van der Waals surface area contributed by atoms with E-state index >= 15 is 0 Å². The van der Waals surface area contributed by atoms with Gasteiger partial charge in [-0.15, -0.1) is 0 Å². The Labute approximate surface area is 124 Å². The molecule has 116 valence electrons. The third-order valence-electron chi connectivity index (χ3n) is 2.69. The van der Waals surface area contributed by atoms with Crippen molar-refractivity contribution < 1.29 is 19.5 Å². The number of rotatable bonds is 6. The lowest BCUT2D eigenvalue weighted by Gasteiger charge is -2.23. The summed E-state index contributed by atoms with van der Waals surface area (Å²) in [5.74, 6) is -0.228. The summed E-state index contributed by atoms with van der Waals surface area (Å²) in [4.78, 5) is 22.2. The fraction of sp³-hybridized carbons (Fsp3) is 0.467. The van der Waals surface area contributed by atoms with Gasteiger partial charge in [0.15, 0.2) is 0 Å². The van der Waals surface area contributed by atoms with Crippen molar-refractivity contribution >= 4 is 12.5 Å². The van der Waals surface area contributed by atoms with Crippen LogP contribution in [0.3, 0.4) is 0 Å². The molecule has 0 saturated heterocycles. The van der Waals surface area contributed by atoms with Gasteiger partial charge >= 0.3 is 6.09 Å². The lowest BCUT2D eigenvalue weighted by Crippen LogP contribution is -2.37. The van der Waals surface area contributed by atoms with E-state index in [0.29, 0.717) is 11.5 Å². The summed E-state index contributed by atoms with van der Waals surface area (Å²) in [6, 6.07) is 9.34. The molecular weight excluding hydrogens is 272 g/mol. The van der Waals surface area contributed by atoms with Gasteiger partial charge in [0.05, 0.1) is 6.54 Å². The first-order chi connectivity index (χ1) is 9.81. The van der Waals surface area contributed by atoms with E-state index in [4.69, 9.17) is 4.74 Å². The van der Waals surface area contributed by atoms with Gasteiger partial charge in [-0.25, -0.2) is 9.86 Å². The SMILES string of the molecule is CC(C)(C)OC(=O)NC[C@H](CN(O)C=O)c1ccccc1. The smallest absolute Gasteiger partial charge is 0.407 e. The number of ether oxygens (including phenoxy) is 1. The molecule has 2 N–H and O–H groups in total. The van der Waals surface area contributed by atoms with Crippen LogP contribution in [-0.2, 0) is 9.53 Å². The predicted octanol–water partition coefficient (Wildman–Crippen LogP) is 2.14. The van der Waals surface area contributed by atoms with Gasteiger partial charge < -0.3 is 10.1 Å². The van der Waals surface area contributed by atoms with Crippen LogP contribution < -0.4 is 5.32 Å². The Kier molecular flexibility index (Phi) is 6.17. The van der Waals surface area contributed by atoms with E-state index in [-0.39, 0.29) is 19.0 Å². The average molecular weight is 294 g/mol. The number of hydrogen-bond acceptors (Lipinski definition) is 4. The number of amides is 2. The minimum atomic E-state index is -0.571. The van der Waals surface area contributed by atoms with Crippen LogP contribution in [0, 0.1) is 0 Å². The Morgan fingerprint density at radius 2 is 2.00 bits per heavy atom. The second kappa shape index (κ2) is 7.64. The van der Waals surface area contributed by atoms with Crippen LogP contribution in [-0.4, -0.2) is 41.5 Å².